The summed E-state index contributed by atoms with van der Waals surface area (Å²) in [5.74, 6) is -0.987. The van der Waals surface area contributed by atoms with Crippen LogP contribution in [0.1, 0.15) is 6.42 Å². The first-order valence-corrected chi connectivity index (χ1v) is 2.57. The molecule has 0 amide bonds. The number of alkyl halides is 1. The zero-order valence-corrected chi connectivity index (χ0v) is 4.93. The molecule has 0 rings (SSSR count). The van der Waals surface area contributed by atoms with Gasteiger partial charge in [-0.3, -0.25) is 4.79 Å². The summed E-state index contributed by atoms with van der Waals surface area (Å²) in [5, 5.41) is 15.6. The lowest BCUT2D eigenvalue weighted by molar-refractivity contribution is -0.137. The van der Waals surface area contributed by atoms with Crippen molar-refractivity contribution in [2.24, 2.45) is 0 Å². The maximum absolute atomic E-state index is 9.77. The number of hydrogen-bond acceptors (Lipinski definition) is 2. The van der Waals surface area contributed by atoms with Gasteiger partial charge in [-0.2, -0.15) is 0 Å². The molecule has 0 heterocycles. The predicted molar refractivity (Wildman–Crippen MR) is 29.0 cm³/mol. The summed E-state index contributed by atoms with van der Waals surface area (Å²) < 4.78 is 0. The van der Waals surface area contributed by atoms with Crippen LogP contribution in [0, 0.1) is 0 Å². The van der Waals surface area contributed by atoms with E-state index in [9.17, 15) is 4.79 Å². The minimum atomic E-state index is -0.987. The van der Waals surface area contributed by atoms with Crippen LogP contribution in [0.3, 0.4) is 0 Å². The van der Waals surface area contributed by atoms with E-state index in [2.05, 4.69) is 0 Å². The largest absolute Gasteiger partial charge is 0.481 e. The average Bonchev–Trinajstić information content (AvgIpc) is 1.65. The van der Waals surface area contributed by atoms with Crippen molar-refractivity contribution in [3.05, 3.63) is 0 Å². The summed E-state index contributed by atoms with van der Waals surface area (Å²) in [5.41, 5.74) is 0. The normalized spacial score (nSPS) is 13.2. The Bertz CT molecular complexity index is 83.4. The predicted octanol–water partition coefficient (Wildman–Crippen LogP) is 0.0608. The third-order valence-electron chi connectivity index (χ3n) is 0.594. The summed E-state index contributed by atoms with van der Waals surface area (Å²) in [6.45, 7) is -0.284. The van der Waals surface area contributed by atoms with E-state index in [0.717, 1.165) is 0 Å². The quantitative estimate of drug-likeness (QED) is 0.543. The summed E-state index contributed by atoms with van der Waals surface area (Å²) in [7, 11) is 0. The molecule has 3 nitrogen and oxygen atoms in total. The van der Waals surface area contributed by atoms with Gasteiger partial charge in [0, 0.05) is 0 Å². The topological polar surface area (TPSA) is 57.5 Å². The number of carbonyl (C=O) groups is 1. The summed E-state index contributed by atoms with van der Waals surface area (Å²) in [6.07, 6.45) is -0.182. The van der Waals surface area contributed by atoms with Crippen LogP contribution in [0.15, 0.2) is 0 Å². The third-order valence-corrected chi connectivity index (χ3v) is 0.887. The second-order valence-electron chi connectivity index (χ2n) is 1.38. The first kappa shape index (κ1) is 7.72. The Labute approximate surface area is 51.9 Å². The maximum atomic E-state index is 9.77. The number of carboxylic acid groups (broad SMARTS) is 1. The van der Waals surface area contributed by atoms with Crippen molar-refractivity contribution in [2.75, 3.05) is 6.61 Å². The zero-order chi connectivity index (χ0) is 6.57. The number of rotatable bonds is 3. The Balaban J connectivity index is 3.24. The Hall–Kier alpha value is -0.280. The standard InChI is InChI=1S/C4H7ClO3/c5-3(2-6)1-4(7)8/h3,6H,1-2H2,(H,7,8)/t3-/m0/s1. The van der Waals surface area contributed by atoms with Gasteiger partial charge in [0.2, 0.25) is 0 Å². The van der Waals surface area contributed by atoms with Crippen LogP contribution < -0.4 is 0 Å². The molecule has 0 saturated carbocycles. The van der Waals surface area contributed by atoms with Crippen molar-refractivity contribution in [3.8, 4) is 0 Å². The van der Waals surface area contributed by atoms with Crippen LogP contribution in [0.4, 0.5) is 0 Å². The molecule has 0 aliphatic heterocycles. The number of carboxylic acids is 1. The van der Waals surface area contributed by atoms with Gasteiger partial charge in [0.25, 0.3) is 0 Å². The number of aliphatic carboxylic acids is 1. The molecule has 0 aliphatic rings. The lowest BCUT2D eigenvalue weighted by Gasteiger charge is -1.97. The van der Waals surface area contributed by atoms with Gasteiger partial charge in [0.05, 0.1) is 18.4 Å². The number of halogens is 1. The molecule has 0 radical (unpaired) electrons. The molecule has 0 spiro atoms. The fraction of sp³-hybridized carbons (Fsp3) is 0.750. The van der Waals surface area contributed by atoms with Crippen molar-refractivity contribution < 1.29 is 15.0 Å². The van der Waals surface area contributed by atoms with E-state index in [1.165, 1.54) is 0 Å². The van der Waals surface area contributed by atoms with Gasteiger partial charge < -0.3 is 10.2 Å². The number of hydrogen-bond donors (Lipinski definition) is 2. The second-order valence-corrected chi connectivity index (χ2v) is 1.99. The van der Waals surface area contributed by atoms with Crippen LogP contribution in [0.2, 0.25) is 0 Å². The van der Waals surface area contributed by atoms with E-state index in [4.69, 9.17) is 21.8 Å². The smallest absolute Gasteiger partial charge is 0.304 e. The Morgan fingerprint density at radius 1 is 1.75 bits per heavy atom. The fourth-order valence-electron chi connectivity index (χ4n) is 0.254. The van der Waals surface area contributed by atoms with Gasteiger partial charge in [-0.25, -0.2) is 0 Å². The lowest BCUT2D eigenvalue weighted by atomic mass is 10.3. The lowest BCUT2D eigenvalue weighted by Crippen LogP contribution is -2.10. The molecule has 0 aromatic rings. The van der Waals surface area contributed by atoms with Crippen LogP contribution in [0.5, 0.6) is 0 Å². The summed E-state index contributed by atoms with van der Waals surface area (Å²) >= 11 is 5.23. The van der Waals surface area contributed by atoms with Crippen LogP contribution in [0.25, 0.3) is 0 Å². The van der Waals surface area contributed by atoms with Gasteiger partial charge in [-0.05, 0) is 0 Å². The van der Waals surface area contributed by atoms with Gasteiger partial charge in [-0.15, -0.1) is 11.6 Å². The van der Waals surface area contributed by atoms with Crippen molar-refractivity contribution in [1.29, 1.82) is 0 Å². The van der Waals surface area contributed by atoms with Crippen LogP contribution in [-0.2, 0) is 4.79 Å². The van der Waals surface area contributed by atoms with Crippen molar-refractivity contribution in [2.45, 2.75) is 11.8 Å². The van der Waals surface area contributed by atoms with E-state index in [0.29, 0.717) is 0 Å². The molecule has 0 unspecified atom stereocenters. The maximum Gasteiger partial charge on any atom is 0.304 e. The third kappa shape index (κ3) is 3.89. The summed E-state index contributed by atoms with van der Waals surface area (Å²) in [6, 6.07) is 0. The van der Waals surface area contributed by atoms with Gasteiger partial charge >= 0.3 is 5.97 Å². The van der Waals surface area contributed by atoms with Crippen molar-refractivity contribution in [1.82, 2.24) is 0 Å². The average molecular weight is 139 g/mol. The monoisotopic (exact) mass is 138 g/mol. The van der Waals surface area contributed by atoms with E-state index < -0.39 is 11.3 Å². The molecule has 0 saturated heterocycles. The molecule has 48 valence electrons. The Kier molecular flexibility index (Phi) is 3.56. The van der Waals surface area contributed by atoms with E-state index in [-0.39, 0.29) is 13.0 Å². The highest BCUT2D eigenvalue weighted by Crippen LogP contribution is 1.98. The fourth-order valence-corrected chi connectivity index (χ4v) is 0.386. The van der Waals surface area contributed by atoms with E-state index >= 15 is 0 Å². The van der Waals surface area contributed by atoms with Gasteiger partial charge in [0.15, 0.2) is 0 Å². The van der Waals surface area contributed by atoms with Crippen LogP contribution >= 0.6 is 11.6 Å². The van der Waals surface area contributed by atoms with Crippen molar-refractivity contribution >= 4 is 17.6 Å². The summed E-state index contributed by atoms with van der Waals surface area (Å²) in [4.78, 5) is 9.77. The molecule has 1 atom stereocenters. The molecule has 2 N–H and O–H groups in total. The highest BCUT2D eigenvalue weighted by molar-refractivity contribution is 6.21. The Morgan fingerprint density at radius 2 is 2.25 bits per heavy atom. The highest BCUT2D eigenvalue weighted by atomic mass is 35.5. The van der Waals surface area contributed by atoms with E-state index in [1.54, 1.807) is 0 Å². The number of aliphatic hydroxyl groups is 1. The first-order chi connectivity index (χ1) is 3.66. The zero-order valence-electron chi connectivity index (χ0n) is 4.17. The minimum absolute atomic E-state index is 0.182. The molecular weight excluding hydrogens is 131 g/mol. The SMILES string of the molecule is O=C(O)C[C@H](Cl)CO. The number of aliphatic hydroxyl groups excluding tert-OH is 1. The molecule has 0 aromatic heterocycles. The molecule has 0 aromatic carbocycles. The van der Waals surface area contributed by atoms with E-state index in [1.807, 2.05) is 0 Å². The molecular formula is C4H7ClO3. The highest BCUT2D eigenvalue weighted by Gasteiger charge is 2.06. The van der Waals surface area contributed by atoms with Gasteiger partial charge in [0.1, 0.15) is 0 Å². The van der Waals surface area contributed by atoms with Gasteiger partial charge in [-0.1, -0.05) is 0 Å². The minimum Gasteiger partial charge on any atom is -0.481 e. The molecule has 0 aliphatic carbocycles. The van der Waals surface area contributed by atoms with Crippen LogP contribution in [-0.4, -0.2) is 28.2 Å². The molecule has 4 heteroatoms. The molecule has 0 fully saturated rings. The van der Waals surface area contributed by atoms with Crippen molar-refractivity contribution in [3.63, 3.8) is 0 Å². The molecule has 8 heavy (non-hydrogen) atoms. The molecule has 0 bridgehead atoms. The first-order valence-electron chi connectivity index (χ1n) is 2.13. The Morgan fingerprint density at radius 3 is 2.38 bits per heavy atom. The second kappa shape index (κ2) is 3.69.